The van der Waals surface area contributed by atoms with Crippen molar-refractivity contribution >= 4 is 33.2 Å². The molecule has 3 nitrogen and oxygen atoms in total. The fourth-order valence-corrected chi connectivity index (χ4v) is 2.04. The monoisotopic (exact) mass is 318 g/mol. The van der Waals surface area contributed by atoms with Crippen LogP contribution >= 0.6 is 15.9 Å². The lowest BCUT2D eigenvalue weighted by atomic mass is 10.1. The van der Waals surface area contributed by atoms with Gasteiger partial charge >= 0.3 is 0 Å². The van der Waals surface area contributed by atoms with Crippen LogP contribution in [0.2, 0.25) is 0 Å². The van der Waals surface area contributed by atoms with Gasteiger partial charge in [-0.1, -0.05) is 34.1 Å². The molecular formula is C15H15BrN2O. The predicted octanol–water partition coefficient (Wildman–Crippen LogP) is 3.52. The molecular weight excluding hydrogens is 304 g/mol. The highest BCUT2D eigenvalue weighted by Gasteiger charge is 2.06. The number of anilines is 2. The molecule has 0 aliphatic carbocycles. The molecule has 0 atom stereocenters. The Bertz CT molecular complexity index is 594. The van der Waals surface area contributed by atoms with Gasteiger partial charge in [0.05, 0.1) is 17.8 Å². The number of nitrogens with one attached hydrogen (secondary N) is 1. The number of nitrogens with two attached hydrogens (primary N) is 1. The predicted molar refractivity (Wildman–Crippen MR) is 82.1 cm³/mol. The number of hydrogen-bond donors (Lipinski definition) is 2. The van der Waals surface area contributed by atoms with Gasteiger partial charge in [-0.15, -0.1) is 0 Å². The molecule has 1 amide bonds. The van der Waals surface area contributed by atoms with Crippen LogP contribution in [0, 0.1) is 6.92 Å². The highest BCUT2D eigenvalue weighted by molar-refractivity contribution is 9.10. The number of carbonyl (C=O) groups is 1. The van der Waals surface area contributed by atoms with Crippen molar-refractivity contribution in [1.29, 1.82) is 0 Å². The van der Waals surface area contributed by atoms with Crippen LogP contribution in [-0.4, -0.2) is 5.91 Å². The summed E-state index contributed by atoms with van der Waals surface area (Å²) < 4.78 is 0.999. The van der Waals surface area contributed by atoms with Crippen LogP contribution in [0.4, 0.5) is 11.4 Å². The normalized spacial score (nSPS) is 10.2. The Kier molecular flexibility index (Phi) is 4.22. The van der Waals surface area contributed by atoms with E-state index in [4.69, 9.17) is 5.73 Å². The third-order valence-corrected chi connectivity index (χ3v) is 3.29. The first-order valence-corrected chi connectivity index (χ1v) is 6.74. The molecule has 2 aromatic carbocycles. The molecule has 2 rings (SSSR count). The second-order valence-electron chi connectivity index (χ2n) is 4.44. The molecule has 0 heterocycles. The van der Waals surface area contributed by atoms with E-state index in [2.05, 4.69) is 21.2 Å². The van der Waals surface area contributed by atoms with Crippen molar-refractivity contribution in [2.45, 2.75) is 13.3 Å². The first-order chi connectivity index (χ1) is 9.04. The average Bonchev–Trinajstić information content (AvgIpc) is 2.36. The molecule has 0 aromatic heterocycles. The number of halogens is 1. The summed E-state index contributed by atoms with van der Waals surface area (Å²) in [6, 6.07) is 13.3. The van der Waals surface area contributed by atoms with E-state index < -0.39 is 0 Å². The summed E-state index contributed by atoms with van der Waals surface area (Å²) in [5, 5.41) is 2.82. The molecule has 0 saturated heterocycles. The van der Waals surface area contributed by atoms with E-state index in [0.717, 1.165) is 15.6 Å². The Morgan fingerprint density at radius 1 is 1.21 bits per heavy atom. The number of aryl methyl sites for hydroxylation is 1. The Hall–Kier alpha value is -1.81. The maximum Gasteiger partial charge on any atom is 0.228 e. The SMILES string of the molecule is Cc1ccc(NC(=O)Cc2ccc(Br)cc2)c(N)c1. The summed E-state index contributed by atoms with van der Waals surface area (Å²) in [5.74, 6) is -0.0714. The topological polar surface area (TPSA) is 55.1 Å². The van der Waals surface area contributed by atoms with Crippen LogP contribution in [0.15, 0.2) is 46.9 Å². The lowest BCUT2D eigenvalue weighted by molar-refractivity contribution is -0.115. The summed E-state index contributed by atoms with van der Waals surface area (Å²) in [5.41, 5.74) is 9.15. The fourth-order valence-electron chi connectivity index (χ4n) is 1.78. The molecule has 4 heteroatoms. The van der Waals surface area contributed by atoms with Gasteiger partial charge in [-0.2, -0.15) is 0 Å². The highest BCUT2D eigenvalue weighted by atomic mass is 79.9. The molecule has 0 radical (unpaired) electrons. The van der Waals surface area contributed by atoms with Gasteiger partial charge in [0, 0.05) is 4.47 Å². The van der Waals surface area contributed by atoms with Crippen LogP contribution in [0.1, 0.15) is 11.1 Å². The standard InChI is InChI=1S/C15H15BrN2O/c1-10-2-7-14(13(17)8-10)18-15(19)9-11-3-5-12(16)6-4-11/h2-8H,9,17H2,1H3,(H,18,19). The largest absolute Gasteiger partial charge is 0.397 e. The fraction of sp³-hybridized carbons (Fsp3) is 0.133. The number of benzene rings is 2. The molecule has 0 unspecified atom stereocenters. The molecule has 0 fully saturated rings. The maximum atomic E-state index is 11.9. The van der Waals surface area contributed by atoms with Gasteiger partial charge in [0.2, 0.25) is 5.91 Å². The van der Waals surface area contributed by atoms with Crippen LogP contribution in [-0.2, 0) is 11.2 Å². The highest BCUT2D eigenvalue weighted by Crippen LogP contribution is 2.19. The van der Waals surface area contributed by atoms with Gasteiger partial charge in [0.25, 0.3) is 0 Å². The van der Waals surface area contributed by atoms with Gasteiger partial charge in [0.1, 0.15) is 0 Å². The molecule has 98 valence electrons. The summed E-state index contributed by atoms with van der Waals surface area (Å²) in [6.07, 6.45) is 0.334. The zero-order valence-corrected chi connectivity index (χ0v) is 12.2. The van der Waals surface area contributed by atoms with E-state index in [1.54, 1.807) is 0 Å². The number of amides is 1. The van der Waals surface area contributed by atoms with Crippen molar-refractivity contribution in [3.05, 3.63) is 58.1 Å². The second-order valence-corrected chi connectivity index (χ2v) is 5.36. The summed E-state index contributed by atoms with van der Waals surface area (Å²) >= 11 is 3.36. The number of hydrogen-bond acceptors (Lipinski definition) is 2. The van der Waals surface area contributed by atoms with E-state index in [1.165, 1.54) is 0 Å². The van der Waals surface area contributed by atoms with Gasteiger partial charge in [-0.25, -0.2) is 0 Å². The van der Waals surface area contributed by atoms with Gasteiger partial charge in [-0.05, 0) is 42.3 Å². The smallest absolute Gasteiger partial charge is 0.228 e. The summed E-state index contributed by atoms with van der Waals surface area (Å²) in [7, 11) is 0. The van der Waals surface area contributed by atoms with Crippen LogP contribution < -0.4 is 11.1 Å². The Morgan fingerprint density at radius 3 is 2.53 bits per heavy atom. The van der Waals surface area contributed by atoms with E-state index in [1.807, 2.05) is 49.4 Å². The van der Waals surface area contributed by atoms with Crippen molar-refractivity contribution in [3.63, 3.8) is 0 Å². The molecule has 3 N–H and O–H groups in total. The minimum atomic E-state index is -0.0714. The number of carbonyl (C=O) groups excluding carboxylic acids is 1. The lowest BCUT2D eigenvalue weighted by Crippen LogP contribution is -2.15. The molecule has 0 saturated carbocycles. The first kappa shape index (κ1) is 13.6. The van der Waals surface area contributed by atoms with Crippen molar-refractivity contribution < 1.29 is 4.79 Å². The zero-order chi connectivity index (χ0) is 13.8. The minimum Gasteiger partial charge on any atom is -0.397 e. The van der Waals surface area contributed by atoms with E-state index >= 15 is 0 Å². The molecule has 0 aliphatic heterocycles. The minimum absolute atomic E-state index is 0.0714. The molecule has 0 bridgehead atoms. The number of rotatable bonds is 3. The summed E-state index contributed by atoms with van der Waals surface area (Å²) in [6.45, 7) is 1.96. The third-order valence-electron chi connectivity index (χ3n) is 2.76. The quantitative estimate of drug-likeness (QED) is 0.851. The summed E-state index contributed by atoms with van der Waals surface area (Å²) in [4.78, 5) is 11.9. The maximum absolute atomic E-state index is 11.9. The molecule has 0 spiro atoms. The van der Waals surface area contributed by atoms with E-state index in [-0.39, 0.29) is 5.91 Å². The lowest BCUT2D eigenvalue weighted by Gasteiger charge is -2.09. The Morgan fingerprint density at radius 2 is 1.89 bits per heavy atom. The average molecular weight is 319 g/mol. The van der Waals surface area contributed by atoms with E-state index in [0.29, 0.717) is 17.8 Å². The van der Waals surface area contributed by atoms with Crippen molar-refractivity contribution in [3.8, 4) is 0 Å². The van der Waals surface area contributed by atoms with Gasteiger partial charge < -0.3 is 11.1 Å². The Balaban J connectivity index is 2.03. The second kappa shape index (κ2) is 5.89. The molecule has 0 aliphatic rings. The van der Waals surface area contributed by atoms with Crippen LogP contribution in [0.25, 0.3) is 0 Å². The van der Waals surface area contributed by atoms with Crippen molar-refractivity contribution in [1.82, 2.24) is 0 Å². The van der Waals surface area contributed by atoms with Gasteiger partial charge in [0.15, 0.2) is 0 Å². The van der Waals surface area contributed by atoms with Crippen molar-refractivity contribution in [2.24, 2.45) is 0 Å². The Labute approximate surface area is 121 Å². The zero-order valence-electron chi connectivity index (χ0n) is 10.6. The van der Waals surface area contributed by atoms with Gasteiger partial charge in [-0.3, -0.25) is 4.79 Å². The first-order valence-electron chi connectivity index (χ1n) is 5.95. The van der Waals surface area contributed by atoms with Crippen molar-refractivity contribution in [2.75, 3.05) is 11.1 Å². The number of nitrogen functional groups attached to an aromatic ring is 1. The molecule has 2 aromatic rings. The van der Waals surface area contributed by atoms with Crippen LogP contribution in [0.3, 0.4) is 0 Å². The molecule has 19 heavy (non-hydrogen) atoms. The van der Waals surface area contributed by atoms with E-state index in [9.17, 15) is 4.79 Å². The third kappa shape index (κ3) is 3.83. The van der Waals surface area contributed by atoms with Crippen LogP contribution in [0.5, 0.6) is 0 Å².